The molecule has 1 N–H and O–H groups in total. The van der Waals surface area contributed by atoms with E-state index in [1.807, 2.05) is 60.1 Å². The minimum atomic E-state index is 0.667. The molecule has 0 aliphatic carbocycles. The molecular formula is C24H20N6. The molecule has 0 atom stereocenters. The highest BCUT2D eigenvalue weighted by atomic mass is 15.3. The first-order valence-corrected chi connectivity index (χ1v) is 9.76. The van der Waals surface area contributed by atoms with E-state index in [1.165, 1.54) is 5.56 Å². The van der Waals surface area contributed by atoms with E-state index in [9.17, 15) is 0 Å². The van der Waals surface area contributed by atoms with E-state index in [0.29, 0.717) is 5.82 Å². The molecule has 0 aliphatic rings. The number of fused-ring (bicyclic) bond motifs is 1. The second-order valence-corrected chi connectivity index (χ2v) is 7.22. The van der Waals surface area contributed by atoms with Crippen LogP contribution < -0.4 is 5.32 Å². The molecule has 0 radical (unpaired) electrons. The van der Waals surface area contributed by atoms with Crippen molar-refractivity contribution >= 4 is 22.5 Å². The number of aryl methyl sites for hydroxylation is 2. The van der Waals surface area contributed by atoms with Gasteiger partial charge in [-0.1, -0.05) is 48.0 Å². The Bertz CT molecular complexity index is 1310. The summed E-state index contributed by atoms with van der Waals surface area (Å²) in [5, 5.41) is 17.6. The normalized spacial score (nSPS) is 11.0. The van der Waals surface area contributed by atoms with Crippen molar-refractivity contribution in [3.63, 3.8) is 0 Å². The number of nitrogens with zero attached hydrogens (tertiary/aromatic N) is 5. The minimum absolute atomic E-state index is 0.667. The predicted octanol–water partition coefficient (Wildman–Crippen LogP) is 5.24. The van der Waals surface area contributed by atoms with Gasteiger partial charge in [0.15, 0.2) is 11.5 Å². The van der Waals surface area contributed by atoms with Crippen molar-refractivity contribution in [1.82, 2.24) is 25.0 Å². The van der Waals surface area contributed by atoms with Crippen LogP contribution >= 0.6 is 0 Å². The Hall–Kier alpha value is -4.06. The number of nitrogens with one attached hydrogen (secondary N) is 1. The number of pyridine rings is 1. The molecule has 0 spiro atoms. The Kier molecular flexibility index (Phi) is 4.44. The molecule has 3 heterocycles. The van der Waals surface area contributed by atoms with E-state index in [2.05, 4.69) is 56.8 Å². The molecule has 0 unspecified atom stereocenters. The maximum absolute atomic E-state index is 4.66. The fourth-order valence-electron chi connectivity index (χ4n) is 3.39. The number of anilines is 2. The molecule has 0 saturated heterocycles. The zero-order valence-corrected chi connectivity index (χ0v) is 16.7. The number of benzene rings is 2. The van der Waals surface area contributed by atoms with Gasteiger partial charge in [-0.05, 0) is 44.2 Å². The SMILES string of the molecule is Cc1ccc(-c2ccc(Nc3cnc4c(c3)c(C)nn4-c3ccccc3)nn2)cc1. The minimum Gasteiger partial charge on any atom is -0.337 e. The van der Waals surface area contributed by atoms with Crippen LogP contribution in [0.3, 0.4) is 0 Å². The lowest BCUT2D eigenvalue weighted by molar-refractivity contribution is 0.878. The highest BCUT2D eigenvalue weighted by Crippen LogP contribution is 2.25. The second-order valence-electron chi connectivity index (χ2n) is 7.22. The number of hydrogen-bond acceptors (Lipinski definition) is 5. The average molecular weight is 392 g/mol. The first-order valence-electron chi connectivity index (χ1n) is 9.76. The summed E-state index contributed by atoms with van der Waals surface area (Å²) in [6.07, 6.45) is 1.79. The van der Waals surface area contributed by atoms with Gasteiger partial charge in [-0.2, -0.15) is 5.10 Å². The molecule has 6 nitrogen and oxygen atoms in total. The van der Waals surface area contributed by atoms with Gasteiger partial charge >= 0.3 is 0 Å². The molecule has 0 aliphatic heterocycles. The second kappa shape index (κ2) is 7.40. The largest absolute Gasteiger partial charge is 0.337 e. The maximum atomic E-state index is 4.66. The summed E-state index contributed by atoms with van der Waals surface area (Å²) in [5.41, 5.74) is 6.69. The van der Waals surface area contributed by atoms with Crippen LogP contribution in [0.1, 0.15) is 11.3 Å². The lowest BCUT2D eigenvalue weighted by atomic mass is 10.1. The molecule has 0 amide bonds. The highest BCUT2D eigenvalue weighted by molar-refractivity contribution is 5.83. The van der Waals surface area contributed by atoms with Gasteiger partial charge in [-0.3, -0.25) is 0 Å². The molecular weight excluding hydrogens is 372 g/mol. The number of para-hydroxylation sites is 1. The van der Waals surface area contributed by atoms with Crippen LogP contribution in [0.25, 0.3) is 28.0 Å². The summed E-state index contributed by atoms with van der Waals surface area (Å²) in [6, 6.07) is 24.2. The Morgan fingerprint density at radius 1 is 0.833 bits per heavy atom. The summed E-state index contributed by atoms with van der Waals surface area (Å²) < 4.78 is 1.87. The molecule has 0 fully saturated rings. The molecule has 2 aromatic carbocycles. The molecule has 30 heavy (non-hydrogen) atoms. The fourth-order valence-corrected chi connectivity index (χ4v) is 3.39. The van der Waals surface area contributed by atoms with Crippen LogP contribution in [0.4, 0.5) is 11.5 Å². The third-order valence-electron chi connectivity index (χ3n) is 4.99. The topological polar surface area (TPSA) is 68.5 Å². The van der Waals surface area contributed by atoms with Crippen molar-refractivity contribution in [2.24, 2.45) is 0 Å². The molecule has 146 valence electrons. The molecule has 0 saturated carbocycles. The Morgan fingerprint density at radius 2 is 1.63 bits per heavy atom. The summed E-state index contributed by atoms with van der Waals surface area (Å²) in [6.45, 7) is 4.06. The molecule has 5 rings (SSSR count). The summed E-state index contributed by atoms with van der Waals surface area (Å²) in [4.78, 5) is 4.64. The van der Waals surface area contributed by atoms with Crippen molar-refractivity contribution in [1.29, 1.82) is 0 Å². The standard InChI is InChI=1S/C24H20N6/c1-16-8-10-18(11-9-16)22-12-13-23(28-27-22)26-19-14-21-17(2)29-30(24(21)25-15-19)20-6-4-3-5-7-20/h3-15H,1-2H3,(H,26,28). The Labute approximate surface area is 174 Å². The van der Waals surface area contributed by atoms with Crippen LogP contribution in [0.15, 0.2) is 79.0 Å². The molecule has 5 aromatic rings. The van der Waals surface area contributed by atoms with E-state index >= 15 is 0 Å². The van der Waals surface area contributed by atoms with E-state index in [-0.39, 0.29) is 0 Å². The van der Waals surface area contributed by atoms with Crippen molar-refractivity contribution in [3.8, 4) is 16.9 Å². The maximum Gasteiger partial charge on any atom is 0.163 e. The van der Waals surface area contributed by atoms with Gasteiger partial charge in [-0.25, -0.2) is 9.67 Å². The van der Waals surface area contributed by atoms with Crippen LogP contribution in [-0.4, -0.2) is 25.0 Å². The zero-order chi connectivity index (χ0) is 20.5. The lowest BCUT2D eigenvalue weighted by Crippen LogP contribution is -1.99. The molecule has 3 aromatic heterocycles. The number of hydrogen-bond donors (Lipinski definition) is 1. The zero-order valence-electron chi connectivity index (χ0n) is 16.7. The van der Waals surface area contributed by atoms with E-state index in [4.69, 9.17) is 0 Å². The Balaban J connectivity index is 1.42. The van der Waals surface area contributed by atoms with Gasteiger partial charge in [0.1, 0.15) is 0 Å². The van der Waals surface area contributed by atoms with E-state index in [1.54, 1.807) is 6.20 Å². The van der Waals surface area contributed by atoms with E-state index < -0.39 is 0 Å². The summed E-state index contributed by atoms with van der Waals surface area (Å²) >= 11 is 0. The van der Waals surface area contributed by atoms with Gasteiger partial charge < -0.3 is 5.32 Å². The van der Waals surface area contributed by atoms with Crippen molar-refractivity contribution < 1.29 is 0 Å². The van der Waals surface area contributed by atoms with Crippen molar-refractivity contribution in [3.05, 3.63) is 90.3 Å². The van der Waals surface area contributed by atoms with Gasteiger partial charge in [0.05, 0.1) is 29.0 Å². The third-order valence-corrected chi connectivity index (χ3v) is 4.99. The van der Waals surface area contributed by atoms with Crippen LogP contribution in [-0.2, 0) is 0 Å². The summed E-state index contributed by atoms with van der Waals surface area (Å²) in [7, 11) is 0. The monoisotopic (exact) mass is 392 g/mol. The number of aromatic nitrogens is 5. The van der Waals surface area contributed by atoms with Gasteiger partial charge in [0.2, 0.25) is 0 Å². The first-order chi connectivity index (χ1) is 14.7. The van der Waals surface area contributed by atoms with Crippen molar-refractivity contribution in [2.75, 3.05) is 5.32 Å². The summed E-state index contributed by atoms with van der Waals surface area (Å²) in [5.74, 6) is 0.667. The lowest BCUT2D eigenvalue weighted by Gasteiger charge is -2.07. The highest BCUT2D eigenvalue weighted by Gasteiger charge is 2.11. The smallest absolute Gasteiger partial charge is 0.163 e. The quantitative estimate of drug-likeness (QED) is 0.453. The molecule has 0 bridgehead atoms. The average Bonchev–Trinajstić information content (AvgIpc) is 3.12. The van der Waals surface area contributed by atoms with Crippen LogP contribution in [0, 0.1) is 13.8 Å². The van der Waals surface area contributed by atoms with Gasteiger partial charge in [-0.15, -0.1) is 10.2 Å². The van der Waals surface area contributed by atoms with Gasteiger partial charge in [0.25, 0.3) is 0 Å². The third kappa shape index (κ3) is 3.39. The first kappa shape index (κ1) is 18.0. The van der Waals surface area contributed by atoms with Gasteiger partial charge in [0, 0.05) is 10.9 Å². The fraction of sp³-hybridized carbons (Fsp3) is 0.0833. The van der Waals surface area contributed by atoms with E-state index in [0.717, 1.165) is 39.4 Å². The van der Waals surface area contributed by atoms with Crippen LogP contribution in [0.2, 0.25) is 0 Å². The predicted molar refractivity (Wildman–Crippen MR) is 119 cm³/mol. The number of rotatable bonds is 4. The van der Waals surface area contributed by atoms with Crippen LogP contribution in [0.5, 0.6) is 0 Å². The molecule has 6 heteroatoms. The Morgan fingerprint density at radius 3 is 2.37 bits per heavy atom. The van der Waals surface area contributed by atoms with Crippen molar-refractivity contribution in [2.45, 2.75) is 13.8 Å².